The zero-order valence-electron chi connectivity index (χ0n) is 18.4. The Kier molecular flexibility index (Phi) is 5.34. The van der Waals surface area contributed by atoms with E-state index in [1.807, 2.05) is 28.8 Å². The highest BCUT2D eigenvalue weighted by Crippen LogP contribution is 2.46. The van der Waals surface area contributed by atoms with Crippen molar-refractivity contribution in [3.8, 4) is 0 Å². The van der Waals surface area contributed by atoms with E-state index >= 15 is 0 Å². The molecule has 1 aromatic carbocycles. The first-order valence-electron chi connectivity index (χ1n) is 12.6. The maximum atomic E-state index is 13.1. The third-order valence-electron chi connectivity index (χ3n) is 8.90. The van der Waals surface area contributed by atoms with Crippen LogP contribution in [0.5, 0.6) is 0 Å². The van der Waals surface area contributed by atoms with E-state index in [9.17, 15) is 4.79 Å². The molecule has 0 radical (unpaired) electrons. The van der Waals surface area contributed by atoms with Gasteiger partial charge in [0.25, 0.3) is 5.56 Å². The normalized spacial score (nSPS) is 36.3. The summed E-state index contributed by atoms with van der Waals surface area (Å²) in [7, 11) is 0. The lowest BCUT2D eigenvalue weighted by molar-refractivity contribution is -0.0420. The highest BCUT2D eigenvalue weighted by atomic mass is 35.5. The van der Waals surface area contributed by atoms with Gasteiger partial charge in [-0.05, 0) is 68.9 Å². The fourth-order valence-electron chi connectivity index (χ4n) is 7.79. The van der Waals surface area contributed by atoms with Crippen molar-refractivity contribution in [2.24, 2.45) is 11.8 Å². The number of halogens is 1. The van der Waals surface area contributed by atoms with Crippen molar-refractivity contribution in [1.29, 1.82) is 0 Å². The summed E-state index contributed by atoms with van der Waals surface area (Å²) >= 11 is 6.30. The molecule has 4 unspecified atom stereocenters. The fraction of sp³-hybridized carbons (Fsp3) is 0.692. The average molecular weight is 440 g/mol. The number of nitrogens with zero attached hydrogens (tertiary/aromatic N) is 3. The molecule has 3 heterocycles. The van der Waals surface area contributed by atoms with Crippen molar-refractivity contribution in [1.82, 2.24) is 14.5 Å². The summed E-state index contributed by atoms with van der Waals surface area (Å²) in [4.78, 5) is 20.4. The standard InChI is InChI=1S/C26H34ClN3O/c27-25-26(31)30(24-11-4-3-10-23(24)28-25)22-15-19-8-5-9-20(16-22)29(19)21-13-17-6-1-2-7-18(12-17)14-21/h3-4,10-11,17-22H,1-2,5-9,12-16H2. The number of fused-ring (bicyclic) bond motifs is 5. The van der Waals surface area contributed by atoms with Gasteiger partial charge in [-0.25, -0.2) is 4.98 Å². The van der Waals surface area contributed by atoms with Gasteiger partial charge in [0.1, 0.15) is 0 Å². The Hall–Kier alpha value is -1.39. The third-order valence-corrected chi connectivity index (χ3v) is 9.15. The first-order valence-corrected chi connectivity index (χ1v) is 13.0. The maximum absolute atomic E-state index is 13.1. The highest BCUT2D eigenvalue weighted by Gasteiger charge is 2.45. The largest absolute Gasteiger partial charge is 0.301 e. The van der Waals surface area contributed by atoms with E-state index in [1.165, 1.54) is 64.2 Å². The summed E-state index contributed by atoms with van der Waals surface area (Å²) in [6, 6.07) is 10.2. The predicted octanol–water partition coefficient (Wildman–Crippen LogP) is 5.97. The Morgan fingerprint density at radius 3 is 2.16 bits per heavy atom. The monoisotopic (exact) mass is 439 g/mol. The lowest BCUT2D eigenvalue weighted by atomic mass is 9.73. The number of hydrogen-bond donors (Lipinski definition) is 0. The minimum absolute atomic E-state index is 0.111. The van der Waals surface area contributed by atoms with Gasteiger partial charge in [-0.15, -0.1) is 0 Å². The molecule has 2 aliphatic heterocycles. The second-order valence-corrected chi connectivity index (χ2v) is 11.1. The van der Waals surface area contributed by atoms with Crippen LogP contribution in [0.4, 0.5) is 0 Å². The smallest absolute Gasteiger partial charge is 0.288 e. The molecule has 4 bridgehead atoms. The van der Waals surface area contributed by atoms with Crippen molar-refractivity contribution < 1.29 is 0 Å². The van der Waals surface area contributed by atoms with Gasteiger partial charge in [0.2, 0.25) is 0 Å². The molecule has 0 spiro atoms. The summed E-state index contributed by atoms with van der Waals surface area (Å²) in [5, 5.41) is 0.114. The molecule has 2 aliphatic carbocycles. The van der Waals surface area contributed by atoms with Gasteiger partial charge in [-0.2, -0.15) is 0 Å². The molecular weight excluding hydrogens is 406 g/mol. The molecule has 6 rings (SSSR count). The molecule has 166 valence electrons. The number of piperidine rings is 2. The van der Waals surface area contributed by atoms with Crippen LogP contribution < -0.4 is 5.56 Å². The van der Waals surface area contributed by atoms with Crippen LogP contribution in [0.2, 0.25) is 5.15 Å². The van der Waals surface area contributed by atoms with E-state index in [-0.39, 0.29) is 16.8 Å². The summed E-state index contributed by atoms with van der Waals surface area (Å²) < 4.78 is 1.99. The lowest BCUT2D eigenvalue weighted by Gasteiger charge is -2.54. The molecule has 31 heavy (non-hydrogen) atoms. The van der Waals surface area contributed by atoms with Gasteiger partial charge in [0.05, 0.1) is 11.0 Å². The van der Waals surface area contributed by atoms with Crippen LogP contribution in [0.15, 0.2) is 29.1 Å². The second-order valence-electron chi connectivity index (χ2n) is 10.8. The number of para-hydroxylation sites is 2. The highest BCUT2D eigenvalue weighted by molar-refractivity contribution is 6.29. The zero-order chi connectivity index (χ0) is 20.9. The summed E-state index contributed by atoms with van der Waals surface area (Å²) in [6.45, 7) is 0. The molecule has 0 amide bonds. The quantitative estimate of drug-likeness (QED) is 0.578. The summed E-state index contributed by atoms with van der Waals surface area (Å²) in [5.41, 5.74) is 1.66. The molecule has 2 saturated carbocycles. The van der Waals surface area contributed by atoms with E-state index in [1.54, 1.807) is 0 Å². The van der Waals surface area contributed by atoms with Crippen molar-refractivity contribution in [3.05, 3.63) is 39.8 Å². The molecule has 4 atom stereocenters. The second kappa shape index (κ2) is 8.19. The van der Waals surface area contributed by atoms with E-state index in [0.29, 0.717) is 12.1 Å². The first kappa shape index (κ1) is 20.2. The van der Waals surface area contributed by atoms with Crippen LogP contribution in [0, 0.1) is 11.8 Å². The van der Waals surface area contributed by atoms with Gasteiger partial charge in [0, 0.05) is 24.2 Å². The predicted molar refractivity (Wildman–Crippen MR) is 126 cm³/mol. The lowest BCUT2D eigenvalue weighted by Crippen LogP contribution is -2.58. The van der Waals surface area contributed by atoms with Crippen LogP contribution in [0.3, 0.4) is 0 Å². The van der Waals surface area contributed by atoms with Crippen molar-refractivity contribution in [3.63, 3.8) is 0 Å². The van der Waals surface area contributed by atoms with Crippen molar-refractivity contribution in [2.45, 2.75) is 101 Å². The van der Waals surface area contributed by atoms with E-state index in [2.05, 4.69) is 9.88 Å². The van der Waals surface area contributed by atoms with Crippen LogP contribution >= 0.6 is 11.6 Å². The Balaban J connectivity index is 1.31. The topological polar surface area (TPSA) is 38.1 Å². The van der Waals surface area contributed by atoms with E-state index < -0.39 is 0 Å². The van der Waals surface area contributed by atoms with Gasteiger partial charge < -0.3 is 4.57 Å². The van der Waals surface area contributed by atoms with Crippen LogP contribution in [0.25, 0.3) is 11.0 Å². The number of benzene rings is 1. The Morgan fingerprint density at radius 2 is 1.45 bits per heavy atom. The van der Waals surface area contributed by atoms with Gasteiger partial charge in [0.15, 0.2) is 5.15 Å². The molecule has 4 fully saturated rings. The molecule has 4 aliphatic rings. The molecular formula is C26H34ClN3O. The molecule has 4 nitrogen and oxygen atoms in total. The molecule has 2 aromatic rings. The average Bonchev–Trinajstić information content (AvgIpc) is 2.93. The van der Waals surface area contributed by atoms with Crippen LogP contribution in [-0.4, -0.2) is 32.6 Å². The Morgan fingerprint density at radius 1 is 0.774 bits per heavy atom. The van der Waals surface area contributed by atoms with Gasteiger partial charge in [-0.3, -0.25) is 9.69 Å². The Labute approximate surface area is 190 Å². The SMILES string of the molecule is O=c1c(Cl)nc2ccccc2n1C1CC2CCCC(C1)N2C1CC2CCCCC(C2)C1. The first-order chi connectivity index (χ1) is 15.2. The molecule has 1 aromatic heterocycles. The van der Waals surface area contributed by atoms with Crippen molar-refractivity contribution >= 4 is 22.6 Å². The minimum Gasteiger partial charge on any atom is -0.301 e. The zero-order valence-corrected chi connectivity index (χ0v) is 19.1. The molecule has 0 N–H and O–H groups in total. The summed E-state index contributed by atoms with van der Waals surface area (Å²) in [6.07, 6.45) is 16.2. The van der Waals surface area contributed by atoms with E-state index in [0.717, 1.165) is 41.8 Å². The fourth-order valence-corrected chi connectivity index (χ4v) is 7.98. The van der Waals surface area contributed by atoms with Crippen LogP contribution in [-0.2, 0) is 0 Å². The third kappa shape index (κ3) is 3.64. The molecule has 5 heteroatoms. The van der Waals surface area contributed by atoms with Gasteiger partial charge in [-0.1, -0.05) is 55.8 Å². The number of rotatable bonds is 2. The molecule has 2 saturated heterocycles. The van der Waals surface area contributed by atoms with E-state index in [4.69, 9.17) is 11.6 Å². The number of hydrogen-bond acceptors (Lipinski definition) is 3. The Bertz CT molecular complexity index is 991. The number of aromatic nitrogens is 2. The maximum Gasteiger partial charge on any atom is 0.288 e. The van der Waals surface area contributed by atoms with Crippen molar-refractivity contribution in [2.75, 3.05) is 0 Å². The summed E-state index contributed by atoms with van der Waals surface area (Å²) in [5.74, 6) is 1.91. The van der Waals surface area contributed by atoms with Crippen LogP contribution in [0.1, 0.15) is 83.1 Å². The minimum atomic E-state index is -0.111. The van der Waals surface area contributed by atoms with Gasteiger partial charge >= 0.3 is 0 Å².